The number of benzene rings is 1. The molecule has 0 saturated carbocycles. The predicted molar refractivity (Wildman–Crippen MR) is 82.6 cm³/mol. The molecule has 0 aliphatic heterocycles. The molecule has 7 nitrogen and oxygen atoms in total. The number of rotatable bonds is 8. The van der Waals surface area contributed by atoms with E-state index in [1.54, 1.807) is 24.3 Å². The SMILES string of the molecule is COc1ccccc1N(CCCN)S(=O)(=O)CS(C)(=O)=O. The van der Waals surface area contributed by atoms with Crippen LogP contribution in [0.4, 0.5) is 5.69 Å². The van der Waals surface area contributed by atoms with E-state index in [2.05, 4.69) is 0 Å². The van der Waals surface area contributed by atoms with Crippen LogP contribution in [0.2, 0.25) is 0 Å². The van der Waals surface area contributed by atoms with Crippen LogP contribution in [-0.2, 0) is 19.9 Å². The molecule has 1 aromatic carbocycles. The molecular formula is C12H20N2O5S2. The van der Waals surface area contributed by atoms with Gasteiger partial charge in [-0.05, 0) is 25.1 Å². The van der Waals surface area contributed by atoms with Crippen LogP contribution in [0, 0.1) is 0 Å². The summed E-state index contributed by atoms with van der Waals surface area (Å²) in [6.07, 6.45) is 1.29. The average molecular weight is 336 g/mol. The molecule has 0 radical (unpaired) electrons. The minimum atomic E-state index is -4.03. The number of ether oxygens (including phenoxy) is 1. The van der Waals surface area contributed by atoms with E-state index in [9.17, 15) is 16.8 Å². The van der Waals surface area contributed by atoms with Gasteiger partial charge in [0.05, 0.1) is 12.8 Å². The highest BCUT2D eigenvalue weighted by molar-refractivity contribution is 8.08. The third kappa shape index (κ3) is 5.18. The first-order valence-corrected chi connectivity index (χ1v) is 9.89. The van der Waals surface area contributed by atoms with Crippen LogP contribution in [0.5, 0.6) is 5.75 Å². The maximum Gasteiger partial charge on any atom is 0.249 e. The van der Waals surface area contributed by atoms with E-state index in [0.29, 0.717) is 24.4 Å². The van der Waals surface area contributed by atoms with Crippen molar-refractivity contribution in [1.82, 2.24) is 0 Å². The molecule has 0 unspecified atom stereocenters. The quantitative estimate of drug-likeness (QED) is 0.726. The van der Waals surface area contributed by atoms with E-state index in [4.69, 9.17) is 10.5 Å². The number of nitrogens with zero attached hydrogens (tertiary/aromatic N) is 1. The number of anilines is 1. The van der Waals surface area contributed by atoms with Crippen molar-refractivity contribution in [3.8, 4) is 5.75 Å². The lowest BCUT2D eigenvalue weighted by molar-refractivity contribution is 0.415. The third-order valence-electron chi connectivity index (χ3n) is 2.62. The summed E-state index contributed by atoms with van der Waals surface area (Å²) in [5, 5.41) is -0.956. The fraction of sp³-hybridized carbons (Fsp3) is 0.500. The number of sulfone groups is 1. The standard InChI is InChI=1S/C12H20N2O5S2/c1-19-12-7-4-3-6-11(12)14(9-5-8-13)21(17,18)10-20(2,15)16/h3-4,6-7H,5,8-10,13H2,1-2H3. The van der Waals surface area contributed by atoms with E-state index in [-0.39, 0.29) is 6.54 Å². The minimum absolute atomic E-state index is 0.0920. The Bertz CT molecular complexity index is 671. The molecule has 0 bridgehead atoms. The van der Waals surface area contributed by atoms with Gasteiger partial charge in [-0.3, -0.25) is 4.31 Å². The monoisotopic (exact) mass is 336 g/mol. The zero-order valence-electron chi connectivity index (χ0n) is 12.0. The fourth-order valence-electron chi connectivity index (χ4n) is 1.81. The molecule has 0 aliphatic rings. The number of hydrogen-bond donors (Lipinski definition) is 1. The van der Waals surface area contributed by atoms with Crippen LogP contribution in [-0.4, -0.2) is 48.4 Å². The normalized spacial score (nSPS) is 12.1. The van der Waals surface area contributed by atoms with Gasteiger partial charge < -0.3 is 10.5 Å². The summed E-state index contributed by atoms with van der Waals surface area (Å²) in [6.45, 7) is 0.384. The molecule has 0 heterocycles. The van der Waals surface area contributed by atoms with Crippen LogP contribution in [0.15, 0.2) is 24.3 Å². The van der Waals surface area contributed by atoms with Crippen LogP contribution >= 0.6 is 0 Å². The van der Waals surface area contributed by atoms with Crippen molar-refractivity contribution in [1.29, 1.82) is 0 Å². The van der Waals surface area contributed by atoms with E-state index in [0.717, 1.165) is 10.6 Å². The Morgan fingerprint density at radius 2 is 1.81 bits per heavy atom. The van der Waals surface area contributed by atoms with E-state index < -0.39 is 24.9 Å². The Hall–Kier alpha value is -1.32. The van der Waals surface area contributed by atoms with Gasteiger partial charge in [-0.2, -0.15) is 0 Å². The van der Waals surface area contributed by atoms with Crippen LogP contribution in [0.3, 0.4) is 0 Å². The summed E-state index contributed by atoms with van der Waals surface area (Å²) in [5.41, 5.74) is 5.73. The Labute approximate surface area is 125 Å². The Morgan fingerprint density at radius 1 is 1.19 bits per heavy atom. The molecule has 0 fully saturated rings. The largest absolute Gasteiger partial charge is 0.495 e. The van der Waals surface area contributed by atoms with Gasteiger partial charge in [0.25, 0.3) is 0 Å². The van der Waals surface area contributed by atoms with Crippen LogP contribution in [0.1, 0.15) is 6.42 Å². The van der Waals surface area contributed by atoms with Crippen molar-refractivity contribution < 1.29 is 21.6 Å². The lowest BCUT2D eigenvalue weighted by Gasteiger charge is -2.25. The lowest BCUT2D eigenvalue weighted by Crippen LogP contribution is -2.37. The van der Waals surface area contributed by atoms with Gasteiger partial charge in [0.15, 0.2) is 14.9 Å². The van der Waals surface area contributed by atoms with Gasteiger partial charge >= 0.3 is 0 Å². The second-order valence-electron chi connectivity index (χ2n) is 4.54. The zero-order chi connectivity index (χ0) is 16.1. The van der Waals surface area contributed by atoms with Crippen LogP contribution < -0.4 is 14.8 Å². The molecule has 0 aromatic heterocycles. The minimum Gasteiger partial charge on any atom is -0.495 e. The summed E-state index contributed by atoms with van der Waals surface area (Å²) in [7, 11) is -6.29. The maximum absolute atomic E-state index is 12.4. The van der Waals surface area contributed by atoms with E-state index in [1.165, 1.54) is 7.11 Å². The molecule has 21 heavy (non-hydrogen) atoms. The second kappa shape index (κ2) is 7.10. The first kappa shape index (κ1) is 17.7. The molecule has 1 rings (SSSR count). The zero-order valence-corrected chi connectivity index (χ0v) is 13.7. The smallest absolute Gasteiger partial charge is 0.249 e. The van der Waals surface area contributed by atoms with Gasteiger partial charge in [-0.25, -0.2) is 16.8 Å². The highest BCUT2D eigenvalue weighted by Crippen LogP contribution is 2.30. The van der Waals surface area contributed by atoms with Crippen molar-refractivity contribution in [2.24, 2.45) is 5.73 Å². The average Bonchev–Trinajstić information content (AvgIpc) is 2.36. The van der Waals surface area contributed by atoms with Crippen molar-refractivity contribution >= 4 is 25.5 Å². The molecule has 0 aliphatic carbocycles. The first-order chi connectivity index (χ1) is 9.71. The Balaban J connectivity index is 3.29. The topological polar surface area (TPSA) is 107 Å². The maximum atomic E-state index is 12.4. The van der Waals surface area contributed by atoms with Crippen molar-refractivity contribution in [3.63, 3.8) is 0 Å². The van der Waals surface area contributed by atoms with Gasteiger partial charge in [-0.1, -0.05) is 12.1 Å². The molecular weight excluding hydrogens is 316 g/mol. The van der Waals surface area contributed by atoms with Gasteiger partial charge in [0, 0.05) is 12.8 Å². The Kier molecular flexibility index (Phi) is 5.99. The molecule has 0 atom stereocenters. The van der Waals surface area contributed by atoms with Gasteiger partial charge in [0.2, 0.25) is 10.0 Å². The fourth-order valence-corrected chi connectivity index (χ4v) is 5.35. The van der Waals surface area contributed by atoms with Crippen molar-refractivity contribution in [2.45, 2.75) is 6.42 Å². The lowest BCUT2D eigenvalue weighted by atomic mass is 10.3. The molecule has 0 amide bonds. The Morgan fingerprint density at radius 3 is 2.33 bits per heavy atom. The summed E-state index contributed by atoms with van der Waals surface area (Å²) in [4.78, 5) is 0. The van der Waals surface area contributed by atoms with E-state index >= 15 is 0 Å². The first-order valence-electron chi connectivity index (χ1n) is 6.22. The number of para-hydroxylation sites is 2. The summed E-state index contributed by atoms with van der Waals surface area (Å²) in [6, 6.07) is 6.53. The molecule has 120 valence electrons. The number of nitrogens with two attached hydrogens (primary N) is 1. The number of sulfonamides is 1. The molecule has 9 heteroatoms. The molecule has 1 aromatic rings. The summed E-state index contributed by atoms with van der Waals surface area (Å²) >= 11 is 0. The predicted octanol–water partition coefficient (Wildman–Crippen LogP) is 0.182. The number of methoxy groups -OCH3 is 1. The van der Waals surface area contributed by atoms with Crippen molar-refractivity contribution in [3.05, 3.63) is 24.3 Å². The highest BCUT2D eigenvalue weighted by Gasteiger charge is 2.28. The van der Waals surface area contributed by atoms with E-state index in [1.807, 2.05) is 0 Å². The summed E-state index contributed by atoms with van der Waals surface area (Å²) < 4.78 is 53.6. The molecule has 2 N–H and O–H groups in total. The van der Waals surface area contributed by atoms with Crippen LogP contribution in [0.25, 0.3) is 0 Å². The molecule has 0 saturated heterocycles. The third-order valence-corrected chi connectivity index (χ3v) is 6.57. The van der Waals surface area contributed by atoms with Gasteiger partial charge in [-0.15, -0.1) is 0 Å². The van der Waals surface area contributed by atoms with Gasteiger partial charge in [0.1, 0.15) is 5.75 Å². The number of hydrogen-bond acceptors (Lipinski definition) is 6. The highest BCUT2D eigenvalue weighted by atomic mass is 32.3. The summed E-state index contributed by atoms with van der Waals surface area (Å²) in [5.74, 6) is 0.353. The van der Waals surface area contributed by atoms with Crippen molar-refractivity contribution in [2.75, 3.05) is 35.8 Å². The second-order valence-corrected chi connectivity index (χ2v) is 8.94. The molecule has 0 spiro atoms.